The van der Waals surface area contributed by atoms with Crippen molar-refractivity contribution >= 4 is 33.3 Å². The molecular weight excluding hydrogens is 500 g/mol. The van der Waals surface area contributed by atoms with Gasteiger partial charge in [0.1, 0.15) is 23.0 Å². The predicted molar refractivity (Wildman–Crippen MR) is 142 cm³/mol. The summed E-state index contributed by atoms with van der Waals surface area (Å²) in [6.45, 7) is 4.75. The van der Waals surface area contributed by atoms with Crippen molar-refractivity contribution in [3.8, 4) is 11.4 Å². The molecule has 3 N–H and O–H groups in total. The second-order valence-corrected chi connectivity index (χ2v) is 11.8. The summed E-state index contributed by atoms with van der Waals surface area (Å²) in [5.74, 6) is 0.217. The van der Waals surface area contributed by atoms with Gasteiger partial charge in [-0.3, -0.25) is 14.0 Å². The number of hydrogen-bond acceptors (Lipinski definition) is 7. The molecule has 1 aliphatic heterocycles. The molecule has 0 saturated carbocycles. The largest absolute Gasteiger partial charge is 0.491 e. The highest BCUT2D eigenvalue weighted by Gasteiger charge is 2.24. The number of nitrogens with zero attached hydrogens (tertiary/aromatic N) is 4. The van der Waals surface area contributed by atoms with Gasteiger partial charge in [-0.15, -0.1) is 0 Å². The maximum atomic E-state index is 15.1. The molecule has 0 spiro atoms. The number of benzene rings is 2. The minimum absolute atomic E-state index is 0.0412. The Hall–Kier alpha value is -3.25. The Morgan fingerprint density at radius 1 is 1.05 bits per heavy atom. The van der Waals surface area contributed by atoms with Crippen LogP contribution in [0.4, 0.5) is 20.4 Å². The monoisotopic (exact) mass is 529 g/mol. The summed E-state index contributed by atoms with van der Waals surface area (Å²) >= 11 is 0. The van der Waals surface area contributed by atoms with Crippen molar-refractivity contribution in [2.45, 2.75) is 26.5 Å². The van der Waals surface area contributed by atoms with Crippen LogP contribution in [0, 0.1) is 11.6 Å². The van der Waals surface area contributed by atoms with Crippen LogP contribution in [0.5, 0.6) is 5.75 Å². The Morgan fingerprint density at radius 3 is 2.38 bits per heavy atom. The quantitative estimate of drug-likeness (QED) is 0.279. The Morgan fingerprint density at radius 2 is 1.73 bits per heavy atom. The standard InChI is InChI=1S/C26H29F2N5O3S/c1-17(2)36-21-5-3-19(4-6-21)30-26-29-15-18-7-8-33(25(18)31-26)20-13-23(27)22(24(28)14-20)16-32-9-11-37(34,35)12-10-32/h3-8,13-15,17,34-35H,9-12,16H2,1-2H3,(H,29,30,31). The predicted octanol–water partition coefficient (Wildman–Crippen LogP) is 5.80. The highest BCUT2D eigenvalue weighted by molar-refractivity contribution is 8.24. The molecule has 3 heterocycles. The maximum absolute atomic E-state index is 15.1. The molecule has 8 nitrogen and oxygen atoms in total. The second kappa shape index (κ2) is 10.3. The summed E-state index contributed by atoms with van der Waals surface area (Å²) < 4.78 is 57.0. The molecule has 4 aromatic rings. The van der Waals surface area contributed by atoms with Crippen LogP contribution in [-0.4, -0.2) is 59.2 Å². The van der Waals surface area contributed by atoms with Gasteiger partial charge >= 0.3 is 0 Å². The van der Waals surface area contributed by atoms with Crippen LogP contribution in [0.2, 0.25) is 0 Å². The fraction of sp³-hybridized carbons (Fsp3) is 0.308. The highest BCUT2D eigenvalue weighted by atomic mass is 32.3. The van der Waals surface area contributed by atoms with E-state index in [0.29, 0.717) is 30.4 Å². The number of hydrogen-bond donors (Lipinski definition) is 3. The first-order valence-electron chi connectivity index (χ1n) is 12.0. The smallest absolute Gasteiger partial charge is 0.229 e. The molecule has 0 unspecified atom stereocenters. The molecule has 0 atom stereocenters. The van der Waals surface area contributed by atoms with Gasteiger partial charge in [-0.25, -0.2) is 13.8 Å². The third-order valence-electron chi connectivity index (χ3n) is 6.16. The second-order valence-electron chi connectivity index (χ2n) is 9.35. The van der Waals surface area contributed by atoms with E-state index in [-0.39, 0.29) is 29.7 Å². The first-order valence-corrected chi connectivity index (χ1v) is 13.9. The molecular formula is C26H29F2N5O3S. The number of nitrogens with one attached hydrogen (secondary N) is 1. The van der Waals surface area contributed by atoms with Crippen molar-refractivity contribution in [3.63, 3.8) is 0 Å². The zero-order valence-corrected chi connectivity index (χ0v) is 21.4. The number of halogens is 2. The van der Waals surface area contributed by atoms with Crippen molar-refractivity contribution in [2.75, 3.05) is 29.9 Å². The van der Waals surface area contributed by atoms with Crippen LogP contribution in [0.3, 0.4) is 0 Å². The van der Waals surface area contributed by atoms with Crippen molar-refractivity contribution in [1.82, 2.24) is 19.4 Å². The average Bonchev–Trinajstić information content (AvgIpc) is 3.26. The molecule has 11 heteroatoms. The van der Waals surface area contributed by atoms with E-state index in [1.807, 2.05) is 43.0 Å². The molecule has 1 aliphatic rings. The normalized spacial score (nSPS) is 16.7. The molecule has 0 bridgehead atoms. The third kappa shape index (κ3) is 5.85. The van der Waals surface area contributed by atoms with Gasteiger partial charge < -0.3 is 14.6 Å². The maximum Gasteiger partial charge on any atom is 0.229 e. The summed E-state index contributed by atoms with van der Waals surface area (Å²) in [5.41, 5.74) is 1.54. The average molecular weight is 530 g/mol. The van der Waals surface area contributed by atoms with E-state index in [0.717, 1.165) is 16.8 Å². The first kappa shape index (κ1) is 25.4. The van der Waals surface area contributed by atoms with E-state index in [1.165, 1.54) is 12.1 Å². The summed E-state index contributed by atoms with van der Waals surface area (Å²) in [6, 6.07) is 11.8. The number of fused-ring (bicyclic) bond motifs is 1. The van der Waals surface area contributed by atoms with Crippen LogP contribution in [0.15, 0.2) is 54.9 Å². The number of aromatic nitrogens is 3. The Labute approximate surface area is 215 Å². The zero-order chi connectivity index (χ0) is 26.2. The summed E-state index contributed by atoms with van der Waals surface area (Å²) in [7, 11) is -2.57. The highest BCUT2D eigenvalue weighted by Crippen LogP contribution is 2.40. The van der Waals surface area contributed by atoms with Crippen molar-refractivity contribution in [3.05, 3.63) is 72.1 Å². The van der Waals surface area contributed by atoms with E-state index >= 15 is 8.78 Å². The molecule has 1 saturated heterocycles. The van der Waals surface area contributed by atoms with Gasteiger partial charge in [0.05, 0.1) is 23.3 Å². The molecule has 5 rings (SSSR count). The van der Waals surface area contributed by atoms with E-state index in [9.17, 15) is 9.11 Å². The summed E-state index contributed by atoms with van der Waals surface area (Å²) in [6.07, 6.45) is 3.43. The minimum atomic E-state index is -2.57. The molecule has 2 aromatic heterocycles. The van der Waals surface area contributed by atoms with Crippen LogP contribution < -0.4 is 10.1 Å². The topological polar surface area (TPSA) is 95.7 Å². The van der Waals surface area contributed by atoms with E-state index in [1.54, 1.807) is 23.0 Å². The molecule has 196 valence electrons. The lowest BCUT2D eigenvalue weighted by atomic mass is 10.1. The Bertz CT molecular complexity index is 1380. The lowest BCUT2D eigenvalue weighted by molar-refractivity contribution is 0.242. The molecule has 0 aliphatic carbocycles. The number of anilines is 2. The van der Waals surface area contributed by atoms with E-state index < -0.39 is 22.2 Å². The van der Waals surface area contributed by atoms with E-state index in [2.05, 4.69) is 15.3 Å². The van der Waals surface area contributed by atoms with Gasteiger partial charge in [0.25, 0.3) is 0 Å². The lowest BCUT2D eigenvalue weighted by Gasteiger charge is -2.41. The van der Waals surface area contributed by atoms with Crippen LogP contribution >= 0.6 is 10.6 Å². The van der Waals surface area contributed by atoms with Crippen LogP contribution in [0.25, 0.3) is 16.7 Å². The number of ether oxygens (including phenoxy) is 1. The van der Waals surface area contributed by atoms with Crippen molar-refractivity contribution < 1.29 is 22.6 Å². The van der Waals surface area contributed by atoms with Gasteiger partial charge in [-0.05, 0) is 56.3 Å². The van der Waals surface area contributed by atoms with Gasteiger partial charge in [0, 0.05) is 48.7 Å². The van der Waals surface area contributed by atoms with Crippen LogP contribution in [-0.2, 0) is 6.54 Å². The molecule has 37 heavy (non-hydrogen) atoms. The van der Waals surface area contributed by atoms with Crippen molar-refractivity contribution in [2.24, 2.45) is 0 Å². The summed E-state index contributed by atoms with van der Waals surface area (Å²) in [5, 5.41) is 3.87. The fourth-order valence-corrected chi connectivity index (χ4v) is 5.54. The fourth-order valence-electron chi connectivity index (χ4n) is 4.23. The van der Waals surface area contributed by atoms with Gasteiger partial charge in [0.15, 0.2) is 0 Å². The molecule has 0 amide bonds. The number of rotatable bonds is 7. The van der Waals surface area contributed by atoms with Gasteiger partial charge in [-0.2, -0.15) is 15.6 Å². The first-order chi connectivity index (χ1) is 17.7. The zero-order valence-electron chi connectivity index (χ0n) is 20.6. The van der Waals surface area contributed by atoms with Crippen LogP contribution in [0.1, 0.15) is 19.4 Å². The molecule has 2 aromatic carbocycles. The SMILES string of the molecule is CC(C)Oc1ccc(Nc2ncc3ccn(-c4cc(F)c(CN5CCS(O)(O)CC5)c(F)c4)c3n2)cc1. The minimum Gasteiger partial charge on any atom is -0.491 e. The lowest BCUT2D eigenvalue weighted by Crippen LogP contribution is -2.38. The van der Waals surface area contributed by atoms with Gasteiger partial charge in [-0.1, -0.05) is 0 Å². The van der Waals surface area contributed by atoms with Crippen molar-refractivity contribution in [1.29, 1.82) is 0 Å². The van der Waals surface area contributed by atoms with E-state index in [4.69, 9.17) is 4.74 Å². The molecule has 0 radical (unpaired) electrons. The Balaban J connectivity index is 1.37. The van der Waals surface area contributed by atoms with Gasteiger partial charge in [0.2, 0.25) is 5.95 Å². The molecule has 1 fully saturated rings. The summed E-state index contributed by atoms with van der Waals surface area (Å²) in [4.78, 5) is 10.8. The third-order valence-corrected chi connectivity index (χ3v) is 7.84. The Kier molecular flexibility index (Phi) is 7.04.